The van der Waals surface area contributed by atoms with E-state index in [1.165, 1.54) is 0 Å². The fraction of sp³-hybridized carbons (Fsp3) is 0.0909. The summed E-state index contributed by atoms with van der Waals surface area (Å²) in [7, 11) is 0. The van der Waals surface area contributed by atoms with E-state index in [2.05, 4.69) is 33.3 Å². The van der Waals surface area contributed by atoms with Crippen molar-refractivity contribution in [2.75, 3.05) is 0 Å². The first-order valence-electron chi connectivity index (χ1n) is 5.29. The van der Waals surface area contributed by atoms with Gasteiger partial charge < -0.3 is 11.5 Å². The minimum Gasteiger partial charge on any atom is -0.375 e. The maximum atomic E-state index is 5.36. The van der Waals surface area contributed by atoms with E-state index in [0.717, 1.165) is 5.56 Å². The zero-order chi connectivity index (χ0) is 14.3. The van der Waals surface area contributed by atoms with Gasteiger partial charge in [-0.1, -0.05) is 30.3 Å². The Kier molecular flexibility index (Phi) is 5.83. The molecule has 6 N–H and O–H groups in total. The van der Waals surface area contributed by atoms with E-state index in [1.54, 1.807) is 6.92 Å². The minimum atomic E-state index is 0.0727. The summed E-state index contributed by atoms with van der Waals surface area (Å²) in [5.74, 6) is 0. The Morgan fingerprint density at radius 3 is 2.05 bits per heavy atom. The molecule has 0 saturated heterocycles. The molecule has 19 heavy (non-hydrogen) atoms. The van der Waals surface area contributed by atoms with Crippen LogP contribution in [0.4, 0.5) is 0 Å². The van der Waals surface area contributed by atoms with Crippen molar-refractivity contribution >= 4 is 46.1 Å². The smallest absolute Gasteiger partial charge is 0.184 e. The van der Waals surface area contributed by atoms with Gasteiger partial charge in [-0.25, -0.2) is 0 Å². The average Bonchev–Trinajstić information content (AvgIpc) is 2.37. The second-order valence-corrected chi connectivity index (χ2v) is 4.36. The number of thiocarbonyl (C=S) groups is 2. The monoisotopic (exact) mass is 294 g/mol. The normalized spacial score (nSPS) is 11.8. The molecule has 0 aromatic heterocycles. The van der Waals surface area contributed by atoms with Gasteiger partial charge in [-0.05, 0) is 31.4 Å². The predicted octanol–water partition coefficient (Wildman–Crippen LogP) is 0.433. The standard InChI is InChI=1S/C11H14N6S2/c1-7(14-16-10(12)18)9(15-17-11(13)19)8-5-3-2-4-6-8/h2-6H,1H3,(H3,12,16,18)(H3,13,17,19). The Balaban J connectivity index is 3.06. The topological polar surface area (TPSA) is 101 Å². The van der Waals surface area contributed by atoms with Crippen LogP contribution in [0.25, 0.3) is 0 Å². The van der Waals surface area contributed by atoms with Crippen LogP contribution in [-0.2, 0) is 0 Å². The Morgan fingerprint density at radius 2 is 1.53 bits per heavy atom. The van der Waals surface area contributed by atoms with E-state index in [-0.39, 0.29) is 10.2 Å². The Morgan fingerprint density at radius 1 is 1.00 bits per heavy atom. The largest absolute Gasteiger partial charge is 0.375 e. The first-order chi connectivity index (χ1) is 9.00. The first-order valence-corrected chi connectivity index (χ1v) is 6.11. The molecule has 0 heterocycles. The summed E-state index contributed by atoms with van der Waals surface area (Å²) in [4.78, 5) is 0. The van der Waals surface area contributed by atoms with Crippen molar-refractivity contribution in [3.63, 3.8) is 0 Å². The molecule has 0 aliphatic heterocycles. The summed E-state index contributed by atoms with van der Waals surface area (Å²) in [6.07, 6.45) is 0. The molecule has 1 aromatic carbocycles. The molecule has 8 heteroatoms. The molecule has 1 rings (SSSR count). The number of hydrogen-bond acceptors (Lipinski definition) is 4. The van der Waals surface area contributed by atoms with Gasteiger partial charge >= 0.3 is 0 Å². The van der Waals surface area contributed by atoms with Gasteiger partial charge in [0, 0.05) is 5.56 Å². The number of nitrogens with two attached hydrogens (primary N) is 2. The first kappa shape index (κ1) is 15.0. The third-order valence-electron chi connectivity index (χ3n) is 2.00. The third kappa shape index (κ3) is 5.40. The van der Waals surface area contributed by atoms with Crippen molar-refractivity contribution in [3.8, 4) is 0 Å². The third-order valence-corrected chi connectivity index (χ3v) is 2.18. The number of rotatable bonds is 4. The van der Waals surface area contributed by atoms with E-state index in [0.29, 0.717) is 11.4 Å². The van der Waals surface area contributed by atoms with Crippen LogP contribution < -0.4 is 22.3 Å². The van der Waals surface area contributed by atoms with E-state index >= 15 is 0 Å². The highest BCUT2D eigenvalue weighted by Crippen LogP contribution is 2.02. The molecule has 0 unspecified atom stereocenters. The number of hydrazone groups is 2. The van der Waals surface area contributed by atoms with Gasteiger partial charge in [0.2, 0.25) is 0 Å². The Hall–Kier alpha value is -2.06. The molecule has 0 fully saturated rings. The van der Waals surface area contributed by atoms with E-state index in [1.807, 2.05) is 30.3 Å². The molecule has 0 spiro atoms. The quantitative estimate of drug-likeness (QED) is 0.365. The van der Waals surface area contributed by atoms with Crippen molar-refractivity contribution in [2.45, 2.75) is 6.92 Å². The van der Waals surface area contributed by atoms with E-state index in [9.17, 15) is 0 Å². The second kappa shape index (κ2) is 7.39. The molecule has 1 aromatic rings. The van der Waals surface area contributed by atoms with Crippen LogP contribution in [0.5, 0.6) is 0 Å². The summed E-state index contributed by atoms with van der Waals surface area (Å²) >= 11 is 9.41. The van der Waals surface area contributed by atoms with Gasteiger partial charge in [-0.15, -0.1) is 0 Å². The van der Waals surface area contributed by atoms with Crippen molar-refractivity contribution in [1.29, 1.82) is 0 Å². The van der Waals surface area contributed by atoms with Crippen molar-refractivity contribution < 1.29 is 0 Å². The lowest BCUT2D eigenvalue weighted by molar-refractivity contribution is 1.02. The van der Waals surface area contributed by atoms with Crippen molar-refractivity contribution in [1.82, 2.24) is 10.9 Å². The highest BCUT2D eigenvalue weighted by molar-refractivity contribution is 7.80. The van der Waals surface area contributed by atoms with Gasteiger partial charge in [0.25, 0.3) is 0 Å². The van der Waals surface area contributed by atoms with Gasteiger partial charge in [0.1, 0.15) is 5.71 Å². The fourth-order valence-electron chi connectivity index (χ4n) is 1.25. The molecule has 100 valence electrons. The molecule has 0 radical (unpaired) electrons. The maximum absolute atomic E-state index is 5.36. The van der Waals surface area contributed by atoms with Gasteiger partial charge in [-0.3, -0.25) is 10.9 Å². The average molecular weight is 294 g/mol. The maximum Gasteiger partial charge on any atom is 0.184 e. The van der Waals surface area contributed by atoms with Crippen molar-refractivity contribution in [3.05, 3.63) is 35.9 Å². The number of nitrogens with one attached hydrogen (secondary N) is 2. The lowest BCUT2D eigenvalue weighted by Gasteiger charge is -2.07. The summed E-state index contributed by atoms with van der Waals surface area (Å²) in [6.45, 7) is 1.76. The van der Waals surface area contributed by atoms with E-state index < -0.39 is 0 Å². The number of hydrogen-bond donors (Lipinski definition) is 4. The predicted molar refractivity (Wildman–Crippen MR) is 85.9 cm³/mol. The highest BCUT2D eigenvalue weighted by atomic mass is 32.1. The van der Waals surface area contributed by atoms with Crippen LogP contribution in [0.1, 0.15) is 12.5 Å². The molecule has 0 bridgehead atoms. The van der Waals surface area contributed by atoms with Crippen LogP contribution in [0.15, 0.2) is 40.5 Å². The minimum absolute atomic E-state index is 0.0727. The summed E-state index contributed by atoms with van der Waals surface area (Å²) in [5.41, 5.74) is 17.7. The Bertz CT molecular complexity index is 523. The molecule has 0 aliphatic rings. The lowest BCUT2D eigenvalue weighted by atomic mass is 10.1. The number of nitrogens with zero attached hydrogens (tertiary/aromatic N) is 2. The van der Waals surface area contributed by atoms with Gasteiger partial charge in [0.15, 0.2) is 10.2 Å². The summed E-state index contributed by atoms with van der Waals surface area (Å²) < 4.78 is 0. The molecule has 0 saturated carbocycles. The SMILES string of the molecule is CC(=NNC(N)=S)C(=NNC(N)=S)c1ccccc1. The summed E-state index contributed by atoms with van der Waals surface area (Å²) in [6, 6.07) is 9.46. The zero-order valence-electron chi connectivity index (χ0n) is 10.3. The molecule has 0 amide bonds. The van der Waals surface area contributed by atoms with Gasteiger partial charge in [0.05, 0.1) is 5.71 Å². The number of benzene rings is 1. The molecular weight excluding hydrogens is 280 g/mol. The van der Waals surface area contributed by atoms with Crippen LogP contribution in [0, 0.1) is 0 Å². The van der Waals surface area contributed by atoms with Crippen LogP contribution in [0.2, 0.25) is 0 Å². The molecule has 6 nitrogen and oxygen atoms in total. The zero-order valence-corrected chi connectivity index (χ0v) is 11.9. The lowest BCUT2D eigenvalue weighted by Crippen LogP contribution is -2.30. The molecular formula is C11H14N6S2. The van der Waals surface area contributed by atoms with E-state index in [4.69, 9.17) is 23.7 Å². The van der Waals surface area contributed by atoms with Crippen LogP contribution >= 0.6 is 24.4 Å². The fourth-order valence-corrected chi connectivity index (χ4v) is 1.34. The highest BCUT2D eigenvalue weighted by Gasteiger charge is 2.07. The van der Waals surface area contributed by atoms with Gasteiger partial charge in [-0.2, -0.15) is 10.2 Å². The Labute approximate surface area is 121 Å². The van der Waals surface area contributed by atoms with Crippen molar-refractivity contribution in [2.24, 2.45) is 21.7 Å². The van der Waals surface area contributed by atoms with Crippen LogP contribution in [-0.4, -0.2) is 21.6 Å². The van der Waals surface area contributed by atoms with Crippen LogP contribution in [0.3, 0.4) is 0 Å². The second-order valence-electron chi connectivity index (χ2n) is 3.48. The molecule has 0 atom stereocenters. The molecule has 0 aliphatic carbocycles. The summed E-state index contributed by atoms with van der Waals surface area (Å²) in [5, 5.41) is 8.29.